The Morgan fingerprint density at radius 2 is 2.28 bits per heavy atom. The van der Waals surface area contributed by atoms with Crippen LogP contribution in [0.1, 0.15) is 15.9 Å². The SMILES string of the molecule is Cn1cc(OCc2ccccc2C(=O)NN)cn1. The standard InChI is InChI=1S/C12H14N4O2/c1-16-7-10(6-14-16)18-8-9-4-2-3-5-11(9)12(17)15-13/h2-7H,8,13H2,1H3,(H,15,17). The van der Waals surface area contributed by atoms with Gasteiger partial charge in [0.1, 0.15) is 6.61 Å². The van der Waals surface area contributed by atoms with Gasteiger partial charge in [0.2, 0.25) is 0 Å². The third-order valence-corrected chi connectivity index (χ3v) is 2.47. The number of hydrazine groups is 1. The van der Waals surface area contributed by atoms with Crippen LogP contribution in [0.5, 0.6) is 5.75 Å². The van der Waals surface area contributed by atoms with Gasteiger partial charge in [0.05, 0.1) is 12.4 Å². The second-order valence-electron chi connectivity index (χ2n) is 3.77. The molecule has 0 radical (unpaired) electrons. The first-order valence-electron chi connectivity index (χ1n) is 5.41. The number of nitrogens with one attached hydrogen (secondary N) is 1. The third kappa shape index (κ3) is 2.67. The minimum absolute atomic E-state index is 0.287. The molecule has 0 spiro atoms. The number of nitrogens with two attached hydrogens (primary N) is 1. The predicted molar refractivity (Wildman–Crippen MR) is 65.6 cm³/mol. The van der Waals surface area contributed by atoms with Gasteiger partial charge in [-0.05, 0) is 6.07 Å². The first-order chi connectivity index (χ1) is 8.70. The van der Waals surface area contributed by atoms with Crippen molar-refractivity contribution < 1.29 is 9.53 Å². The Kier molecular flexibility index (Phi) is 3.59. The second-order valence-corrected chi connectivity index (χ2v) is 3.77. The number of ether oxygens (including phenoxy) is 1. The molecule has 0 saturated carbocycles. The van der Waals surface area contributed by atoms with Crippen molar-refractivity contribution in [2.75, 3.05) is 0 Å². The van der Waals surface area contributed by atoms with Crippen LogP contribution < -0.4 is 16.0 Å². The van der Waals surface area contributed by atoms with E-state index in [-0.39, 0.29) is 12.5 Å². The number of rotatable bonds is 4. The van der Waals surface area contributed by atoms with Crippen LogP contribution in [-0.2, 0) is 13.7 Å². The number of aromatic nitrogens is 2. The number of aryl methyl sites for hydroxylation is 1. The molecule has 1 aromatic carbocycles. The van der Waals surface area contributed by atoms with Crippen molar-refractivity contribution in [1.29, 1.82) is 0 Å². The van der Waals surface area contributed by atoms with E-state index >= 15 is 0 Å². The lowest BCUT2D eigenvalue weighted by atomic mass is 10.1. The van der Waals surface area contributed by atoms with E-state index in [0.29, 0.717) is 11.3 Å². The molecule has 0 aliphatic heterocycles. The summed E-state index contributed by atoms with van der Waals surface area (Å²) in [6.45, 7) is 0.287. The molecule has 3 N–H and O–H groups in total. The molecule has 0 unspecified atom stereocenters. The molecule has 18 heavy (non-hydrogen) atoms. The minimum atomic E-state index is -0.333. The van der Waals surface area contributed by atoms with Gasteiger partial charge in [-0.2, -0.15) is 5.10 Å². The Bertz CT molecular complexity index is 551. The molecule has 1 aromatic heterocycles. The Balaban J connectivity index is 2.11. The Labute approximate surface area is 104 Å². The van der Waals surface area contributed by atoms with E-state index in [0.717, 1.165) is 5.56 Å². The third-order valence-electron chi connectivity index (χ3n) is 2.47. The largest absolute Gasteiger partial charge is 0.486 e. The molecule has 0 saturated heterocycles. The molecule has 0 aliphatic carbocycles. The lowest BCUT2D eigenvalue weighted by Crippen LogP contribution is -2.30. The summed E-state index contributed by atoms with van der Waals surface area (Å²) >= 11 is 0. The number of amides is 1. The van der Waals surface area contributed by atoms with E-state index in [1.165, 1.54) is 0 Å². The highest BCUT2D eigenvalue weighted by Crippen LogP contribution is 2.14. The van der Waals surface area contributed by atoms with Gasteiger partial charge in [0, 0.05) is 18.2 Å². The van der Waals surface area contributed by atoms with Crippen LogP contribution in [0.15, 0.2) is 36.7 Å². The Morgan fingerprint density at radius 1 is 1.50 bits per heavy atom. The van der Waals surface area contributed by atoms with Gasteiger partial charge in [-0.1, -0.05) is 18.2 Å². The summed E-state index contributed by atoms with van der Waals surface area (Å²) in [7, 11) is 1.81. The van der Waals surface area contributed by atoms with Gasteiger partial charge in [-0.15, -0.1) is 0 Å². The maximum atomic E-state index is 11.5. The Morgan fingerprint density at radius 3 is 2.94 bits per heavy atom. The maximum Gasteiger partial charge on any atom is 0.265 e. The molecule has 0 atom stereocenters. The van der Waals surface area contributed by atoms with Crippen molar-refractivity contribution in [2.45, 2.75) is 6.61 Å². The molecule has 0 bridgehead atoms. The van der Waals surface area contributed by atoms with E-state index in [4.69, 9.17) is 10.6 Å². The fourth-order valence-corrected chi connectivity index (χ4v) is 1.58. The van der Waals surface area contributed by atoms with E-state index in [9.17, 15) is 4.79 Å². The van der Waals surface area contributed by atoms with Crippen molar-refractivity contribution in [1.82, 2.24) is 15.2 Å². The summed E-state index contributed by atoms with van der Waals surface area (Å²) in [4.78, 5) is 11.5. The number of hydrogen-bond acceptors (Lipinski definition) is 4. The van der Waals surface area contributed by atoms with Gasteiger partial charge >= 0.3 is 0 Å². The van der Waals surface area contributed by atoms with Crippen LogP contribution in [0, 0.1) is 0 Å². The first-order valence-corrected chi connectivity index (χ1v) is 5.41. The second kappa shape index (κ2) is 5.33. The highest BCUT2D eigenvalue weighted by molar-refractivity contribution is 5.95. The smallest absolute Gasteiger partial charge is 0.265 e. The predicted octanol–water partition coefficient (Wildman–Crippen LogP) is 0.603. The number of carbonyl (C=O) groups excluding carboxylic acids is 1. The fraction of sp³-hybridized carbons (Fsp3) is 0.167. The van der Waals surface area contributed by atoms with Gasteiger partial charge in [-0.3, -0.25) is 14.9 Å². The molecule has 1 heterocycles. The fourth-order valence-electron chi connectivity index (χ4n) is 1.58. The highest BCUT2D eigenvalue weighted by Gasteiger charge is 2.09. The minimum Gasteiger partial charge on any atom is -0.486 e. The molecule has 6 nitrogen and oxygen atoms in total. The molecular formula is C12H14N4O2. The number of benzene rings is 1. The van der Waals surface area contributed by atoms with Gasteiger partial charge < -0.3 is 4.74 Å². The zero-order chi connectivity index (χ0) is 13.0. The van der Waals surface area contributed by atoms with Crippen molar-refractivity contribution in [3.63, 3.8) is 0 Å². The zero-order valence-electron chi connectivity index (χ0n) is 9.96. The molecule has 94 valence electrons. The molecule has 6 heteroatoms. The quantitative estimate of drug-likeness (QED) is 0.470. The van der Waals surface area contributed by atoms with E-state index in [1.54, 1.807) is 29.2 Å². The summed E-state index contributed by atoms with van der Waals surface area (Å²) in [6, 6.07) is 7.14. The van der Waals surface area contributed by atoms with E-state index in [2.05, 4.69) is 10.5 Å². The van der Waals surface area contributed by atoms with Crippen molar-refractivity contribution in [2.24, 2.45) is 12.9 Å². The average molecular weight is 246 g/mol. The Hall–Kier alpha value is -2.34. The van der Waals surface area contributed by atoms with Crippen LogP contribution in [0.4, 0.5) is 0 Å². The number of carbonyl (C=O) groups is 1. The van der Waals surface area contributed by atoms with Crippen LogP contribution in [-0.4, -0.2) is 15.7 Å². The topological polar surface area (TPSA) is 82.2 Å². The first kappa shape index (κ1) is 12.1. The van der Waals surface area contributed by atoms with Crippen LogP contribution >= 0.6 is 0 Å². The summed E-state index contributed by atoms with van der Waals surface area (Å²) in [6.07, 6.45) is 3.37. The molecule has 2 aromatic rings. The van der Waals surface area contributed by atoms with E-state index < -0.39 is 0 Å². The average Bonchev–Trinajstić information content (AvgIpc) is 2.81. The lowest BCUT2D eigenvalue weighted by Gasteiger charge is -2.08. The van der Waals surface area contributed by atoms with E-state index in [1.807, 2.05) is 19.2 Å². The summed E-state index contributed by atoms with van der Waals surface area (Å²) in [5, 5.41) is 3.99. The molecule has 0 aliphatic rings. The van der Waals surface area contributed by atoms with Crippen LogP contribution in [0.2, 0.25) is 0 Å². The summed E-state index contributed by atoms with van der Waals surface area (Å²) < 4.78 is 7.19. The zero-order valence-corrected chi connectivity index (χ0v) is 9.96. The molecular weight excluding hydrogens is 232 g/mol. The van der Waals surface area contributed by atoms with Crippen LogP contribution in [0.25, 0.3) is 0 Å². The monoisotopic (exact) mass is 246 g/mol. The highest BCUT2D eigenvalue weighted by atomic mass is 16.5. The number of nitrogen functional groups attached to an aromatic ring is 1. The number of nitrogens with zero attached hydrogens (tertiary/aromatic N) is 2. The molecule has 1 amide bonds. The maximum absolute atomic E-state index is 11.5. The lowest BCUT2D eigenvalue weighted by molar-refractivity contribution is 0.0951. The number of hydrogen-bond donors (Lipinski definition) is 2. The normalized spacial score (nSPS) is 10.1. The van der Waals surface area contributed by atoms with Gasteiger partial charge in [0.15, 0.2) is 5.75 Å². The van der Waals surface area contributed by atoms with Crippen molar-refractivity contribution >= 4 is 5.91 Å². The van der Waals surface area contributed by atoms with Crippen molar-refractivity contribution in [3.8, 4) is 5.75 Å². The summed E-state index contributed by atoms with van der Waals surface area (Å²) in [5.74, 6) is 5.45. The van der Waals surface area contributed by atoms with Crippen LogP contribution in [0.3, 0.4) is 0 Å². The van der Waals surface area contributed by atoms with Crippen molar-refractivity contribution in [3.05, 3.63) is 47.8 Å². The van der Waals surface area contributed by atoms with Gasteiger partial charge in [-0.25, -0.2) is 5.84 Å². The summed E-state index contributed by atoms with van der Waals surface area (Å²) in [5.41, 5.74) is 3.38. The molecule has 2 rings (SSSR count). The van der Waals surface area contributed by atoms with Gasteiger partial charge in [0.25, 0.3) is 5.91 Å². The molecule has 0 fully saturated rings.